The zero-order valence-electron chi connectivity index (χ0n) is 11.5. The van der Waals surface area contributed by atoms with Gasteiger partial charge < -0.3 is 15.6 Å². The minimum absolute atomic E-state index is 0.200. The molecule has 2 heterocycles. The van der Waals surface area contributed by atoms with Crippen molar-refractivity contribution in [2.24, 2.45) is 0 Å². The number of likely N-dealkylation sites (tertiary alicyclic amines) is 1. The molecule has 1 fully saturated rings. The Morgan fingerprint density at radius 3 is 2.81 bits per heavy atom. The maximum atomic E-state index is 11.9. The maximum Gasteiger partial charge on any atom is 0.251 e. The number of aromatic nitrogens is 1. The van der Waals surface area contributed by atoms with Crippen molar-refractivity contribution >= 4 is 23.4 Å². The van der Waals surface area contributed by atoms with E-state index in [0.717, 1.165) is 9.47 Å². The molecule has 0 aliphatic carbocycles. The zero-order valence-corrected chi connectivity index (χ0v) is 11.5. The molecule has 1 aliphatic rings. The first-order chi connectivity index (χ1) is 9.88. The third-order valence-electron chi connectivity index (χ3n) is 3.31. The molecular weight excluding hydrogens is 276 g/mol. The van der Waals surface area contributed by atoms with Crippen molar-refractivity contribution in [3.63, 3.8) is 0 Å². The molecule has 0 radical (unpaired) electrons. The minimum Gasteiger partial charge on any atom is -0.398 e. The number of anilines is 1. The molecule has 8 nitrogen and oxygen atoms in total. The highest BCUT2D eigenvalue weighted by Gasteiger charge is 2.32. The van der Waals surface area contributed by atoms with Crippen LogP contribution < -0.4 is 16.6 Å². The lowest BCUT2D eigenvalue weighted by Gasteiger charge is -2.28. The monoisotopic (exact) mass is 292 g/mol. The molecule has 3 amide bonds. The number of carbonyl (C=O) groups is 3. The molecule has 1 unspecified atom stereocenters. The average Bonchev–Trinajstić information content (AvgIpc) is 2.43. The van der Waals surface area contributed by atoms with Crippen molar-refractivity contribution < 1.29 is 14.4 Å². The van der Waals surface area contributed by atoms with Gasteiger partial charge in [-0.25, -0.2) is 0 Å². The summed E-state index contributed by atoms with van der Waals surface area (Å²) < 4.78 is 1.16. The minimum atomic E-state index is -0.739. The topological polar surface area (TPSA) is 114 Å². The lowest BCUT2D eigenvalue weighted by atomic mass is 10.0. The van der Waals surface area contributed by atoms with Crippen molar-refractivity contribution in [1.29, 1.82) is 0 Å². The Morgan fingerprint density at radius 1 is 1.38 bits per heavy atom. The Morgan fingerprint density at radius 2 is 2.10 bits per heavy atom. The Hall–Kier alpha value is -2.64. The van der Waals surface area contributed by atoms with Crippen LogP contribution in [-0.2, 0) is 20.9 Å². The number of hydrogen-bond donors (Lipinski definition) is 2. The molecule has 1 aromatic heterocycles. The van der Waals surface area contributed by atoms with E-state index < -0.39 is 17.9 Å². The summed E-state index contributed by atoms with van der Waals surface area (Å²) in [7, 11) is 1.38. The molecule has 8 heteroatoms. The van der Waals surface area contributed by atoms with Crippen LogP contribution in [-0.4, -0.2) is 40.3 Å². The summed E-state index contributed by atoms with van der Waals surface area (Å²) in [5.74, 6) is -1.19. The van der Waals surface area contributed by atoms with Gasteiger partial charge in [0.05, 0.1) is 0 Å². The van der Waals surface area contributed by atoms with Gasteiger partial charge in [-0.05, 0) is 12.5 Å². The normalized spacial score (nSPS) is 18.7. The van der Waals surface area contributed by atoms with E-state index in [0.29, 0.717) is 5.69 Å². The lowest BCUT2D eigenvalue weighted by Crippen LogP contribution is -2.53. The van der Waals surface area contributed by atoms with E-state index in [1.54, 1.807) is 0 Å². The summed E-state index contributed by atoms with van der Waals surface area (Å²) in [5, 5.41) is 2.53. The van der Waals surface area contributed by atoms with Gasteiger partial charge >= 0.3 is 0 Å². The van der Waals surface area contributed by atoms with Crippen LogP contribution in [0.5, 0.6) is 0 Å². The van der Waals surface area contributed by atoms with Gasteiger partial charge in [0.25, 0.3) is 11.5 Å². The van der Waals surface area contributed by atoms with Crippen LogP contribution >= 0.6 is 0 Å². The molecule has 1 aliphatic heterocycles. The second kappa shape index (κ2) is 5.78. The number of hydrogen-bond acceptors (Lipinski definition) is 5. The Balaban J connectivity index is 2.02. The largest absolute Gasteiger partial charge is 0.398 e. The summed E-state index contributed by atoms with van der Waals surface area (Å²) in [6.45, 7) is -0.231. The van der Waals surface area contributed by atoms with Crippen LogP contribution in [0.25, 0.3) is 0 Å². The summed E-state index contributed by atoms with van der Waals surface area (Å²) >= 11 is 0. The first-order valence-electron chi connectivity index (χ1n) is 6.44. The standard InChI is InChI=1S/C13H16N4O4/c1-16-11(19)5-3-9(13(16)21)15-10(18)7-17-6-8(14)2-4-12(17)20/h2,4,6,9H,3,5,7,14H2,1H3,(H,15,18). The summed E-state index contributed by atoms with van der Waals surface area (Å²) in [6, 6.07) is 1.97. The van der Waals surface area contributed by atoms with Gasteiger partial charge in [0.1, 0.15) is 12.6 Å². The number of nitrogens with zero attached hydrogens (tertiary/aromatic N) is 2. The van der Waals surface area contributed by atoms with Gasteiger partial charge in [-0.3, -0.25) is 24.1 Å². The van der Waals surface area contributed by atoms with Crippen molar-refractivity contribution in [3.8, 4) is 0 Å². The fourth-order valence-corrected chi connectivity index (χ4v) is 2.12. The van der Waals surface area contributed by atoms with E-state index in [2.05, 4.69) is 5.32 Å². The van der Waals surface area contributed by atoms with Crippen molar-refractivity contribution in [3.05, 3.63) is 28.7 Å². The van der Waals surface area contributed by atoms with Crippen LogP contribution in [0, 0.1) is 0 Å². The maximum absolute atomic E-state index is 11.9. The number of amides is 3. The molecule has 1 saturated heterocycles. The Kier molecular flexibility index (Phi) is 4.06. The van der Waals surface area contributed by atoms with Crippen molar-refractivity contribution in [2.45, 2.75) is 25.4 Å². The van der Waals surface area contributed by atoms with Gasteiger partial charge in [-0.15, -0.1) is 0 Å². The van der Waals surface area contributed by atoms with Crippen LogP contribution in [0.4, 0.5) is 5.69 Å². The van der Waals surface area contributed by atoms with Gasteiger partial charge in [0, 0.05) is 31.4 Å². The Labute approximate surface area is 120 Å². The molecular formula is C13H16N4O4. The fraction of sp³-hybridized carbons (Fsp3) is 0.385. The number of piperidine rings is 1. The second-order valence-electron chi connectivity index (χ2n) is 4.88. The summed E-state index contributed by atoms with van der Waals surface area (Å²) in [5.41, 5.74) is 5.56. The smallest absolute Gasteiger partial charge is 0.251 e. The van der Waals surface area contributed by atoms with E-state index in [1.165, 1.54) is 25.4 Å². The lowest BCUT2D eigenvalue weighted by molar-refractivity contribution is -0.149. The van der Waals surface area contributed by atoms with Crippen LogP contribution in [0.15, 0.2) is 23.1 Å². The number of nitrogens with one attached hydrogen (secondary N) is 1. The number of nitrogen functional groups attached to an aromatic ring is 1. The molecule has 2 rings (SSSR count). The van der Waals surface area contributed by atoms with E-state index in [9.17, 15) is 19.2 Å². The van der Waals surface area contributed by atoms with Gasteiger partial charge in [-0.2, -0.15) is 0 Å². The summed E-state index contributed by atoms with van der Waals surface area (Å²) in [4.78, 5) is 47.7. The molecule has 21 heavy (non-hydrogen) atoms. The Bertz CT molecular complexity index is 652. The predicted molar refractivity (Wildman–Crippen MR) is 74.1 cm³/mol. The van der Waals surface area contributed by atoms with Crippen molar-refractivity contribution in [1.82, 2.24) is 14.8 Å². The third kappa shape index (κ3) is 3.28. The highest BCUT2D eigenvalue weighted by molar-refractivity contribution is 6.01. The second-order valence-corrected chi connectivity index (χ2v) is 4.88. The SMILES string of the molecule is CN1C(=O)CCC(NC(=O)Cn2cc(N)ccc2=O)C1=O. The number of imide groups is 1. The van der Waals surface area contributed by atoms with Gasteiger partial charge in [-0.1, -0.05) is 0 Å². The third-order valence-corrected chi connectivity index (χ3v) is 3.31. The van der Waals surface area contributed by atoms with E-state index in [-0.39, 0.29) is 30.9 Å². The predicted octanol–water partition coefficient (Wildman–Crippen LogP) is -1.31. The van der Waals surface area contributed by atoms with E-state index in [4.69, 9.17) is 5.73 Å². The van der Waals surface area contributed by atoms with Crippen molar-refractivity contribution in [2.75, 3.05) is 12.8 Å². The number of carbonyl (C=O) groups excluding carboxylic acids is 3. The van der Waals surface area contributed by atoms with Gasteiger partial charge in [0.2, 0.25) is 11.8 Å². The van der Waals surface area contributed by atoms with E-state index in [1.807, 2.05) is 0 Å². The highest BCUT2D eigenvalue weighted by Crippen LogP contribution is 2.11. The number of pyridine rings is 1. The summed E-state index contributed by atoms with van der Waals surface area (Å²) in [6.07, 6.45) is 1.82. The van der Waals surface area contributed by atoms with Crippen LogP contribution in [0.2, 0.25) is 0 Å². The number of likely N-dealkylation sites (N-methyl/N-ethyl adjacent to an activating group) is 1. The van der Waals surface area contributed by atoms with Gasteiger partial charge in [0.15, 0.2) is 0 Å². The average molecular weight is 292 g/mol. The molecule has 0 saturated carbocycles. The molecule has 1 aromatic rings. The first kappa shape index (κ1) is 14.8. The van der Waals surface area contributed by atoms with E-state index >= 15 is 0 Å². The number of nitrogens with two attached hydrogens (primary N) is 1. The fourth-order valence-electron chi connectivity index (χ4n) is 2.12. The molecule has 112 valence electrons. The highest BCUT2D eigenvalue weighted by atomic mass is 16.2. The molecule has 0 spiro atoms. The molecule has 3 N–H and O–H groups in total. The molecule has 0 aromatic carbocycles. The van der Waals surface area contributed by atoms with Crippen LogP contribution in [0.3, 0.4) is 0 Å². The zero-order chi connectivity index (χ0) is 15.6. The van der Waals surface area contributed by atoms with Crippen LogP contribution in [0.1, 0.15) is 12.8 Å². The first-order valence-corrected chi connectivity index (χ1v) is 6.44. The molecule has 0 bridgehead atoms. The molecule has 1 atom stereocenters. The number of rotatable bonds is 3. The quantitative estimate of drug-likeness (QED) is 0.672.